The Kier molecular flexibility index (Phi) is 4.42. The van der Waals surface area contributed by atoms with E-state index in [0.29, 0.717) is 17.1 Å². The van der Waals surface area contributed by atoms with Crippen LogP contribution in [0.5, 0.6) is 5.75 Å². The van der Waals surface area contributed by atoms with Crippen LogP contribution in [0.15, 0.2) is 28.8 Å². The van der Waals surface area contributed by atoms with Gasteiger partial charge >= 0.3 is 6.03 Å². The molecule has 6 nitrogen and oxygen atoms in total. The van der Waals surface area contributed by atoms with Gasteiger partial charge in [0.15, 0.2) is 17.4 Å². The van der Waals surface area contributed by atoms with Gasteiger partial charge in [0.05, 0.1) is 7.11 Å². The van der Waals surface area contributed by atoms with Crippen molar-refractivity contribution in [2.75, 3.05) is 19.5 Å². The first kappa shape index (κ1) is 14.8. The lowest BCUT2D eigenvalue weighted by atomic mass is 10.2. The van der Waals surface area contributed by atoms with Gasteiger partial charge in [0.25, 0.3) is 0 Å². The number of amides is 2. The van der Waals surface area contributed by atoms with E-state index in [1.165, 1.54) is 24.1 Å². The van der Waals surface area contributed by atoms with Gasteiger partial charge in [0.1, 0.15) is 5.76 Å². The number of rotatable bonds is 4. The minimum atomic E-state index is -0.462. The summed E-state index contributed by atoms with van der Waals surface area (Å²) in [6, 6.07) is 5.81. The molecule has 112 valence electrons. The second-order valence-corrected chi connectivity index (χ2v) is 4.58. The number of aromatic nitrogens is 1. The van der Waals surface area contributed by atoms with Crippen molar-refractivity contribution >= 4 is 11.8 Å². The molecule has 0 spiro atoms. The fourth-order valence-corrected chi connectivity index (χ4v) is 1.78. The fourth-order valence-electron chi connectivity index (χ4n) is 1.78. The number of carbonyl (C=O) groups is 1. The van der Waals surface area contributed by atoms with Crippen LogP contribution in [0.25, 0.3) is 0 Å². The summed E-state index contributed by atoms with van der Waals surface area (Å²) >= 11 is 0. The van der Waals surface area contributed by atoms with Crippen molar-refractivity contribution in [1.82, 2.24) is 10.1 Å². The third-order valence-electron chi connectivity index (χ3n) is 2.85. The Labute approximate surface area is 121 Å². The molecule has 0 unspecified atom stereocenters. The van der Waals surface area contributed by atoms with Crippen molar-refractivity contribution in [3.05, 3.63) is 41.4 Å². The zero-order valence-corrected chi connectivity index (χ0v) is 12.0. The number of hydrogen-bond donors (Lipinski definition) is 1. The van der Waals surface area contributed by atoms with E-state index < -0.39 is 5.82 Å². The van der Waals surface area contributed by atoms with Crippen LogP contribution >= 0.6 is 0 Å². The number of methoxy groups -OCH3 is 1. The average molecular weight is 293 g/mol. The molecule has 0 radical (unpaired) electrons. The molecule has 0 aliphatic carbocycles. The topological polar surface area (TPSA) is 67.6 Å². The smallest absolute Gasteiger partial charge is 0.323 e. The van der Waals surface area contributed by atoms with Crippen molar-refractivity contribution in [3.8, 4) is 5.75 Å². The second kappa shape index (κ2) is 6.25. The van der Waals surface area contributed by atoms with E-state index in [-0.39, 0.29) is 18.3 Å². The van der Waals surface area contributed by atoms with Gasteiger partial charge in [-0.15, -0.1) is 0 Å². The van der Waals surface area contributed by atoms with Gasteiger partial charge in [-0.25, -0.2) is 9.18 Å². The summed E-state index contributed by atoms with van der Waals surface area (Å²) in [5.74, 6) is 0.648. The minimum Gasteiger partial charge on any atom is -0.494 e. The van der Waals surface area contributed by atoms with Crippen molar-refractivity contribution in [3.63, 3.8) is 0 Å². The Bertz CT molecular complexity index is 642. The van der Waals surface area contributed by atoms with Crippen molar-refractivity contribution < 1.29 is 18.4 Å². The summed E-state index contributed by atoms with van der Waals surface area (Å²) in [5.41, 5.74) is 0.655. The normalized spacial score (nSPS) is 10.3. The Morgan fingerprint density at radius 3 is 2.81 bits per heavy atom. The Balaban J connectivity index is 1.98. The van der Waals surface area contributed by atoms with Gasteiger partial charge in [-0.2, -0.15) is 0 Å². The Hall–Kier alpha value is -2.57. The number of benzene rings is 1. The van der Waals surface area contributed by atoms with Crippen LogP contribution in [-0.4, -0.2) is 30.2 Å². The summed E-state index contributed by atoms with van der Waals surface area (Å²) < 4.78 is 23.3. The standard InChI is InChI=1S/C14H16FN3O3/c1-9-6-13(17-21-9)16-14(19)18(2)8-10-4-5-12(20-3)11(15)7-10/h4-7H,8H2,1-3H3,(H,16,17,19). The van der Waals surface area contributed by atoms with Crippen LogP contribution in [0.1, 0.15) is 11.3 Å². The molecule has 1 N–H and O–H groups in total. The molecule has 0 aliphatic heterocycles. The number of hydrogen-bond acceptors (Lipinski definition) is 4. The number of nitrogens with one attached hydrogen (secondary N) is 1. The first-order valence-corrected chi connectivity index (χ1v) is 6.27. The van der Waals surface area contributed by atoms with E-state index in [2.05, 4.69) is 10.5 Å². The first-order valence-electron chi connectivity index (χ1n) is 6.27. The van der Waals surface area contributed by atoms with Crippen molar-refractivity contribution in [2.24, 2.45) is 0 Å². The number of anilines is 1. The molecule has 2 aromatic rings. The van der Waals surface area contributed by atoms with Gasteiger partial charge in [0.2, 0.25) is 0 Å². The lowest BCUT2D eigenvalue weighted by molar-refractivity contribution is 0.220. The van der Waals surface area contributed by atoms with Crippen LogP contribution in [-0.2, 0) is 6.54 Å². The molecule has 0 bridgehead atoms. The van der Waals surface area contributed by atoms with Gasteiger partial charge < -0.3 is 14.2 Å². The molecule has 1 aromatic carbocycles. The van der Waals surface area contributed by atoms with E-state index in [4.69, 9.17) is 9.26 Å². The number of nitrogens with zero attached hydrogens (tertiary/aromatic N) is 2. The molecule has 7 heteroatoms. The van der Waals surface area contributed by atoms with E-state index in [9.17, 15) is 9.18 Å². The lowest BCUT2D eigenvalue weighted by Crippen LogP contribution is -2.30. The third kappa shape index (κ3) is 3.71. The zero-order chi connectivity index (χ0) is 15.4. The quantitative estimate of drug-likeness (QED) is 0.941. The molecule has 1 aromatic heterocycles. The monoisotopic (exact) mass is 293 g/mol. The highest BCUT2D eigenvalue weighted by Crippen LogP contribution is 2.18. The van der Waals surface area contributed by atoms with E-state index in [0.717, 1.165) is 0 Å². The van der Waals surface area contributed by atoms with E-state index in [1.807, 2.05) is 0 Å². The first-order chi connectivity index (χ1) is 9.99. The Morgan fingerprint density at radius 2 is 2.24 bits per heavy atom. The Morgan fingerprint density at radius 1 is 1.48 bits per heavy atom. The predicted octanol–water partition coefficient (Wildman–Crippen LogP) is 2.79. The molecule has 0 saturated carbocycles. The molecule has 0 saturated heterocycles. The molecule has 2 rings (SSSR count). The van der Waals surface area contributed by atoms with Crippen LogP contribution < -0.4 is 10.1 Å². The highest BCUT2D eigenvalue weighted by Gasteiger charge is 2.12. The van der Waals surface area contributed by atoms with Gasteiger partial charge in [-0.3, -0.25) is 5.32 Å². The number of urea groups is 1. The predicted molar refractivity (Wildman–Crippen MR) is 74.7 cm³/mol. The summed E-state index contributed by atoms with van der Waals surface area (Å²) in [5, 5.41) is 6.26. The van der Waals surface area contributed by atoms with E-state index in [1.54, 1.807) is 26.1 Å². The molecular formula is C14H16FN3O3. The SMILES string of the molecule is COc1ccc(CN(C)C(=O)Nc2cc(C)on2)cc1F. The average Bonchev–Trinajstić information content (AvgIpc) is 2.84. The molecule has 21 heavy (non-hydrogen) atoms. The van der Waals surface area contributed by atoms with Gasteiger partial charge in [-0.1, -0.05) is 11.2 Å². The number of carbonyl (C=O) groups excluding carboxylic acids is 1. The highest BCUT2D eigenvalue weighted by atomic mass is 19.1. The van der Waals surface area contributed by atoms with Crippen LogP contribution in [0.3, 0.4) is 0 Å². The molecular weight excluding hydrogens is 277 g/mol. The van der Waals surface area contributed by atoms with Gasteiger partial charge in [0, 0.05) is 19.7 Å². The third-order valence-corrected chi connectivity index (χ3v) is 2.85. The van der Waals surface area contributed by atoms with Crippen LogP contribution in [0.2, 0.25) is 0 Å². The fraction of sp³-hybridized carbons (Fsp3) is 0.286. The van der Waals surface area contributed by atoms with Crippen LogP contribution in [0.4, 0.5) is 15.0 Å². The van der Waals surface area contributed by atoms with Gasteiger partial charge in [-0.05, 0) is 24.6 Å². The largest absolute Gasteiger partial charge is 0.494 e. The lowest BCUT2D eigenvalue weighted by Gasteiger charge is -2.17. The second-order valence-electron chi connectivity index (χ2n) is 4.58. The molecule has 0 aliphatic rings. The van der Waals surface area contributed by atoms with Crippen LogP contribution in [0, 0.1) is 12.7 Å². The molecule has 1 heterocycles. The number of halogens is 1. The minimum absolute atomic E-state index is 0.170. The summed E-state index contributed by atoms with van der Waals surface area (Å²) in [6.07, 6.45) is 0. The molecule has 2 amide bonds. The molecule has 0 fully saturated rings. The number of aryl methyl sites for hydroxylation is 1. The van der Waals surface area contributed by atoms with Crippen molar-refractivity contribution in [2.45, 2.75) is 13.5 Å². The highest BCUT2D eigenvalue weighted by molar-refractivity contribution is 5.88. The number of ether oxygens (including phenoxy) is 1. The zero-order valence-electron chi connectivity index (χ0n) is 12.0. The van der Waals surface area contributed by atoms with Crippen molar-refractivity contribution in [1.29, 1.82) is 0 Å². The maximum absolute atomic E-state index is 13.6. The maximum Gasteiger partial charge on any atom is 0.323 e. The summed E-state index contributed by atoms with van der Waals surface area (Å²) in [6.45, 7) is 1.98. The summed E-state index contributed by atoms with van der Waals surface area (Å²) in [7, 11) is 3.00. The summed E-state index contributed by atoms with van der Waals surface area (Å²) in [4.78, 5) is 13.4. The maximum atomic E-state index is 13.6. The van der Waals surface area contributed by atoms with E-state index >= 15 is 0 Å². The molecule has 0 atom stereocenters.